The lowest BCUT2D eigenvalue weighted by Gasteiger charge is -1.90. The smallest absolute Gasteiger partial charge is 0.241 e. The molecule has 0 aliphatic carbocycles. The van der Waals surface area contributed by atoms with E-state index in [1.165, 1.54) is 6.08 Å². The third-order valence-electron chi connectivity index (χ3n) is 0.737. The summed E-state index contributed by atoms with van der Waals surface area (Å²) < 4.78 is 0. The molecule has 0 aliphatic heterocycles. The van der Waals surface area contributed by atoms with Crippen LogP contribution in [0.3, 0.4) is 0 Å². The first kappa shape index (κ1) is 18.3. The molecule has 0 aromatic carbocycles. The zero-order valence-electron chi connectivity index (χ0n) is 8.91. The number of amides is 1. The average Bonchev–Trinajstić information content (AvgIpc) is 1.86. The van der Waals surface area contributed by atoms with Crippen LogP contribution in [0.1, 0.15) is 19.8 Å². The molecule has 0 bridgehead atoms. The summed E-state index contributed by atoms with van der Waals surface area (Å²) in [5.74, 6) is -0.363. The fourth-order valence-electron chi connectivity index (χ4n) is 0.366. The van der Waals surface area contributed by atoms with Gasteiger partial charge in [0.2, 0.25) is 5.91 Å². The topological polar surface area (TPSA) is 46.3 Å². The van der Waals surface area contributed by atoms with Crippen LogP contribution in [0.25, 0.3) is 0 Å². The summed E-state index contributed by atoms with van der Waals surface area (Å²) >= 11 is 0. The predicted molar refractivity (Wildman–Crippen MR) is 60.1 cm³/mol. The van der Waals surface area contributed by atoms with Crippen molar-refractivity contribution in [1.29, 1.82) is 0 Å². The SMILES string of the molecule is CCCC=CC(N)=O.CN(C)C.Cl. The monoisotopic (exact) mass is 208 g/mol. The average molecular weight is 209 g/mol. The van der Waals surface area contributed by atoms with Gasteiger partial charge in [0.15, 0.2) is 0 Å². The van der Waals surface area contributed by atoms with Crippen LogP contribution in [0, 0.1) is 0 Å². The summed E-state index contributed by atoms with van der Waals surface area (Å²) in [7, 11) is 6.00. The Morgan fingerprint density at radius 2 is 1.77 bits per heavy atom. The second-order valence-corrected chi connectivity index (χ2v) is 2.94. The van der Waals surface area contributed by atoms with Crippen LogP contribution in [0.4, 0.5) is 0 Å². The van der Waals surface area contributed by atoms with Crippen molar-refractivity contribution in [3.8, 4) is 0 Å². The normalized spacial score (nSPS) is 9.00. The van der Waals surface area contributed by atoms with Crippen molar-refractivity contribution in [2.75, 3.05) is 21.1 Å². The van der Waals surface area contributed by atoms with Crippen LogP contribution in [0.2, 0.25) is 0 Å². The van der Waals surface area contributed by atoms with E-state index in [9.17, 15) is 4.79 Å². The molecule has 0 saturated carbocycles. The van der Waals surface area contributed by atoms with E-state index >= 15 is 0 Å². The van der Waals surface area contributed by atoms with E-state index in [4.69, 9.17) is 5.73 Å². The van der Waals surface area contributed by atoms with E-state index in [2.05, 4.69) is 0 Å². The number of halogens is 1. The van der Waals surface area contributed by atoms with Crippen molar-refractivity contribution in [3.63, 3.8) is 0 Å². The molecule has 4 heteroatoms. The van der Waals surface area contributed by atoms with E-state index < -0.39 is 0 Å². The molecule has 0 radical (unpaired) electrons. The zero-order chi connectivity index (χ0) is 9.98. The quantitative estimate of drug-likeness (QED) is 0.714. The Bertz CT molecular complexity index is 133. The van der Waals surface area contributed by atoms with E-state index in [0.717, 1.165) is 12.8 Å². The predicted octanol–water partition coefficient (Wildman–Crippen LogP) is 1.43. The first-order valence-electron chi connectivity index (χ1n) is 4.07. The van der Waals surface area contributed by atoms with Gasteiger partial charge in [0, 0.05) is 0 Å². The fraction of sp³-hybridized carbons (Fsp3) is 0.667. The minimum Gasteiger partial charge on any atom is -0.366 e. The van der Waals surface area contributed by atoms with Crippen molar-refractivity contribution in [1.82, 2.24) is 4.90 Å². The highest BCUT2D eigenvalue weighted by molar-refractivity contribution is 5.85. The standard InChI is InChI=1S/C6H11NO.C3H9N.ClH/c1-2-3-4-5-6(7)8;1-4(2)3;/h4-5H,2-3H2,1H3,(H2,7,8);1-3H3;1H. The molecule has 0 aromatic heterocycles. The van der Waals surface area contributed by atoms with Crippen LogP contribution in [-0.2, 0) is 4.79 Å². The Balaban J connectivity index is -0.000000173. The van der Waals surface area contributed by atoms with Crippen molar-refractivity contribution < 1.29 is 4.79 Å². The van der Waals surface area contributed by atoms with E-state index in [0.29, 0.717) is 0 Å². The van der Waals surface area contributed by atoms with Crippen LogP contribution < -0.4 is 5.73 Å². The summed E-state index contributed by atoms with van der Waals surface area (Å²) in [5.41, 5.74) is 4.81. The minimum absolute atomic E-state index is 0. The maximum atomic E-state index is 10.0. The van der Waals surface area contributed by atoms with Crippen LogP contribution in [0.5, 0.6) is 0 Å². The van der Waals surface area contributed by atoms with Gasteiger partial charge in [-0.25, -0.2) is 0 Å². The van der Waals surface area contributed by atoms with Gasteiger partial charge in [-0.1, -0.05) is 19.4 Å². The highest BCUT2D eigenvalue weighted by Crippen LogP contribution is 1.86. The van der Waals surface area contributed by atoms with Crippen molar-refractivity contribution >= 4 is 18.3 Å². The Kier molecular flexibility index (Phi) is 19.7. The van der Waals surface area contributed by atoms with Gasteiger partial charge in [-0.2, -0.15) is 0 Å². The number of primary amides is 1. The minimum atomic E-state index is -0.363. The van der Waals surface area contributed by atoms with Crippen LogP contribution in [-0.4, -0.2) is 32.0 Å². The maximum Gasteiger partial charge on any atom is 0.241 e. The molecule has 0 spiro atoms. The number of nitrogens with two attached hydrogens (primary N) is 1. The molecule has 0 fully saturated rings. The summed E-state index contributed by atoms with van der Waals surface area (Å²) in [6.45, 7) is 2.05. The number of hydrogen-bond donors (Lipinski definition) is 1. The Morgan fingerprint density at radius 1 is 1.38 bits per heavy atom. The van der Waals surface area contributed by atoms with Gasteiger partial charge in [0.05, 0.1) is 0 Å². The molecule has 3 nitrogen and oxygen atoms in total. The molecular formula is C9H21ClN2O. The third kappa shape index (κ3) is 51.6. The number of hydrogen-bond acceptors (Lipinski definition) is 2. The number of carbonyl (C=O) groups excluding carboxylic acids is 1. The summed E-state index contributed by atoms with van der Waals surface area (Å²) in [5, 5.41) is 0. The first-order valence-corrected chi connectivity index (χ1v) is 4.07. The number of rotatable bonds is 3. The molecule has 0 aromatic rings. The van der Waals surface area contributed by atoms with Crippen molar-refractivity contribution in [3.05, 3.63) is 12.2 Å². The number of allylic oxidation sites excluding steroid dienone is 1. The van der Waals surface area contributed by atoms with Gasteiger partial charge in [-0.3, -0.25) is 4.79 Å². The largest absolute Gasteiger partial charge is 0.366 e. The molecule has 0 rings (SSSR count). The second-order valence-electron chi connectivity index (χ2n) is 2.94. The van der Waals surface area contributed by atoms with Gasteiger partial charge in [-0.15, -0.1) is 12.4 Å². The molecule has 0 aliphatic rings. The summed E-state index contributed by atoms with van der Waals surface area (Å²) in [4.78, 5) is 12.0. The number of unbranched alkanes of at least 4 members (excludes halogenated alkanes) is 1. The highest BCUT2D eigenvalue weighted by Gasteiger charge is 1.78. The van der Waals surface area contributed by atoms with Crippen LogP contribution >= 0.6 is 12.4 Å². The lowest BCUT2D eigenvalue weighted by Crippen LogP contribution is -2.05. The molecular weight excluding hydrogens is 188 g/mol. The van der Waals surface area contributed by atoms with Gasteiger partial charge in [-0.05, 0) is 33.6 Å². The molecule has 80 valence electrons. The lowest BCUT2D eigenvalue weighted by atomic mass is 10.3. The third-order valence-corrected chi connectivity index (χ3v) is 0.737. The highest BCUT2D eigenvalue weighted by atomic mass is 35.5. The number of carbonyl (C=O) groups is 1. The summed E-state index contributed by atoms with van der Waals surface area (Å²) in [6, 6.07) is 0. The zero-order valence-corrected chi connectivity index (χ0v) is 9.73. The fourth-order valence-corrected chi connectivity index (χ4v) is 0.366. The van der Waals surface area contributed by atoms with E-state index in [-0.39, 0.29) is 18.3 Å². The van der Waals surface area contributed by atoms with Crippen molar-refractivity contribution in [2.45, 2.75) is 19.8 Å². The van der Waals surface area contributed by atoms with E-state index in [1.807, 2.05) is 33.0 Å². The molecule has 0 unspecified atom stereocenters. The Labute approximate surface area is 87.4 Å². The maximum absolute atomic E-state index is 10.0. The lowest BCUT2D eigenvalue weighted by molar-refractivity contribution is -0.113. The molecule has 0 saturated heterocycles. The molecule has 0 atom stereocenters. The molecule has 2 N–H and O–H groups in total. The number of nitrogens with zero attached hydrogens (tertiary/aromatic N) is 1. The molecule has 0 heterocycles. The van der Waals surface area contributed by atoms with Gasteiger partial charge in [0.25, 0.3) is 0 Å². The Morgan fingerprint density at radius 3 is 2.00 bits per heavy atom. The second kappa shape index (κ2) is 14.0. The van der Waals surface area contributed by atoms with Gasteiger partial charge in [0.1, 0.15) is 0 Å². The first-order chi connectivity index (χ1) is 5.50. The Hall–Kier alpha value is -0.540. The van der Waals surface area contributed by atoms with Crippen LogP contribution in [0.15, 0.2) is 12.2 Å². The van der Waals surface area contributed by atoms with Crippen molar-refractivity contribution in [2.24, 2.45) is 5.73 Å². The summed E-state index contributed by atoms with van der Waals surface area (Å²) in [6.07, 6.45) is 5.17. The van der Waals surface area contributed by atoms with Gasteiger partial charge < -0.3 is 10.6 Å². The molecule has 13 heavy (non-hydrogen) atoms. The van der Waals surface area contributed by atoms with E-state index in [1.54, 1.807) is 6.08 Å². The molecule has 1 amide bonds. The van der Waals surface area contributed by atoms with Gasteiger partial charge >= 0.3 is 0 Å².